The second-order valence-electron chi connectivity index (χ2n) is 3.91. The van der Waals surface area contributed by atoms with Crippen molar-refractivity contribution in [3.63, 3.8) is 0 Å². The molecule has 0 fully saturated rings. The van der Waals surface area contributed by atoms with Crippen LogP contribution in [0.1, 0.15) is 5.89 Å². The molecule has 0 radical (unpaired) electrons. The van der Waals surface area contributed by atoms with Gasteiger partial charge in [0.25, 0.3) is 16.1 Å². The molecule has 0 amide bonds. The molecule has 0 saturated carbocycles. The maximum atomic E-state index is 11.5. The van der Waals surface area contributed by atoms with Crippen LogP contribution < -0.4 is 4.72 Å². The zero-order chi connectivity index (χ0) is 13.9. The second kappa shape index (κ2) is 5.78. The molecule has 0 saturated heterocycles. The highest BCUT2D eigenvalue weighted by atomic mass is 32.2. The monoisotopic (exact) mass is 302 g/mol. The van der Waals surface area contributed by atoms with Gasteiger partial charge >= 0.3 is 0 Å². The lowest BCUT2D eigenvalue weighted by Crippen LogP contribution is -2.36. The highest BCUT2D eigenvalue weighted by Gasteiger charge is 2.13. The number of thiophene rings is 1. The lowest BCUT2D eigenvalue weighted by molar-refractivity contribution is 0.488. The normalized spacial score (nSPS) is 12.2. The van der Waals surface area contributed by atoms with Gasteiger partial charge in [-0.25, -0.2) is 4.72 Å². The van der Waals surface area contributed by atoms with Crippen LogP contribution in [0, 0.1) is 0 Å². The maximum absolute atomic E-state index is 11.5. The number of nitrogens with zero attached hydrogens (tertiary/aromatic N) is 3. The van der Waals surface area contributed by atoms with Gasteiger partial charge in [0.05, 0.1) is 4.88 Å². The largest absolute Gasteiger partial charge is 0.420 e. The van der Waals surface area contributed by atoms with Gasteiger partial charge in [-0.05, 0) is 11.4 Å². The molecule has 2 rings (SSSR count). The molecule has 0 aliphatic carbocycles. The van der Waals surface area contributed by atoms with Crippen LogP contribution in [0.2, 0.25) is 0 Å². The van der Waals surface area contributed by atoms with Crippen molar-refractivity contribution in [2.24, 2.45) is 0 Å². The highest BCUT2D eigenvalue weighted by molar-refractivity contribution is 7.87. The summed E-state index contributed by atoms with van der Waals surface area (Å²) in [6.07, 6.45) is 0.353. The third kappa shape index (κ3) is 3.60. The first-order chi connectivity index (χ1) is 8.99. The lowest BCUT2D eigenvalue weighted by atomic mass is 10.4. The van der Waals surface area contributed by atoms with Crippen molar-refractivity contribution in [3.05, 3.63) is 23.4 Å². The third-order valence-corrected chi connectivity index (χ3v) is 4.69. The van der Waals surface area contributed by atoms with Crippen LogP contribution >= 0.6 is 11.3 Å². The Morgan fingerprint density at radius 2 is 2.21 bits per heavy atom. The van der Waals surface area contributed by atoms with Crippen molar-refractivity contribution in [2.75, 3.05) is 20.6 Å². The van der Waals surface area contributed by atoms with E-state index in [0.29, 0.717) is 18.2 Å². The van der Waals surface area contributed by atoms with Gasteiger partial charge in [-0.3, -0.25) is 0 Å². The molecule has 7 nitrogen and oxygen atoms in total. The fraction of sp³-hybridized carbons (Fsp3) is 0.400. The Morgan fingerprint density at radius 1 is 1.42 bits per heavy atom. The van der Waals surface area contributed by atoms with E-state index < -0.39 is 10.2 Å². The van der Waals surface area contributed by atoms with Crippen molar-refractivity contribution >= 4 is 21.5 Å². The molecule has 2 aromatic rings. The summed E-state index contributed by atoms with van der Waals surface area (Å²) in [5, 5.41) is 9.71. The minimum Gasteiger partial charge on any atom is -0.420 e. The van der Waals surface area contributed by atoms with Gasteiger partial charge in [-0.2, -0.15) is 12.7 Å². The van der Waals surface area contributed by atoms with Gasteiger partial charge in [0, 0.05) is 27.1 Å². The number of nitrogens with one attached hydrogen (secondary N) is 1. The van der Waals surface area contributed by atoms with E-state index in [-0.39, 0.29) is 6.54 Å². The molecule has 0 atom stereocenters. The van der Waals surface area contributed by atoms with Crippen LogP contribution in [0.4, 0.5) is 0 Å². The van der Waals surface area contributed by atoms with Gasteiger partial charge in [-0.15, -0.1) is 21.5 Å². The zero-order valence-corrected chi connectivity index (χ0v) is 12.2. The van der Waals surface area contributed by atoms with Gasteiger partial charge in [0.1, 0.15) is 0 Å². The maximum Gasteiger partial charge on any atom is 0.278 e. The van der Waals surface area contributed by atoms with E-state index in [9.17, 15) is 8.42 Å². The van der Waals surface area contributed by atoms with E-state index in [2.05, 4.69) is 14.9 Å². The first-order valence-corrected chi connectivity index (χ1v) is 7.84. The average Bonchev–Trinajstić information content (AvgIpc) is 2.98. The molecular weight excluding hydrogens is 288 g/mol. The van der Waals surface area contributed by atoms with Gasteiger partial charge in [0.15, 0.2) is 0 Å². The Bertz CT molecular complexity index is 619. The predicted molar refractivity (Wildman–Crippen MR) is 71.9 cm³/mol. The highest BCUT2D eigenvalue weighted by Crippen LogP contribution is 2.22. The summed E-state index contributed by atoms with van der Waals surface area (Å²) < 4.78 is 31.9. The van der Waals surface area contributed by atoms with Crippen molar-refractivity contribution in [1.29, 1.82) is 0 Å². The molecule has 19 heavy (non-hydrogen) atoms. The van der Waals surface area contributed by atoms with Crippen molar-refractivity contribution in [3.8, 4) is 10.8 Å². The molecule has 0 unspecified atom stereocenters. The SMILES string of the molecule is CN(C)S(=O)(=O)NCCc1nnc(-c2cccs2)o1. The number of hydrogen-bond donors (Lipinski definition) is 1. The Balaban J connectivity index is 1.91. The van der Waals surface area contributed by atoms with E-state index >= 15 is 0 Å². The van der Waals surface area contributed by atoms with E-state index in [4.69, 9.17) is 4.42 Å². The second-order valence-corrected chi connectivity index (χ2v) is 6.83. The molecule has 0 bridgehead atoms. The van der Waals surface area contributed by atoms with Crippen molar-refractivity contribution in [2.45, 2.75) is 6.42 Å². The first-order valence-electron chi connectivity index (χ1n) is 5.52. The molecule has 0 spiro atoms. The van der Waals surface area contributed by atoms with E-state index in [0.717, 1.165) is 9.18 Å². The smallest absolute Gasteiger partial charge is 0.278 e. The number of rotatable bonds is 6. The van der Waals surface area contributed by atoms with E-state index in [1.54, 1.807) is 0 Å². The molecule has 9 heteroatoms. The van der Waals surface area contributed by atoms with Crippen LogP contribution in [0.25, 0.3) is 10.8 Å². The fourth-order valence-corrected chi connectivity index (χ4v) is 2.53. The fourth-order valence-electron chi connectivity index (χ4n) is 1.27. The van der Waals surface area contributed by atoms with Gasteiger partial charge < -0.3 is 4.42 Å². The summed E-state index contributed by atoms with van der Waals surface area (Å²) in [4.78, 5) is 0.896. The minimum absolute atomic E-state index is 0.215. The standard InChI is InChI=1S/C10H14N4O3S2/c1-14(2)19(15,16)11-6-5-9-12-13-10(17-9)8-4-3-7-18-8/h3-4,7,11H,5-6H2,1-2H3. The van der Waals surface area contributed by atoms with Crippen LogP contribution in [0.3, 0.4) is 0 Å². The molecule has 0 aliphatic rings. The van der Waals surface area contributed by atoms with Crippen LogP contribution in [0.15, 0.2) is 21.9 Å². The number of hydrogen-bond acceptors (Lipinski definition) is 6. The molecular formula is C10H14N4O3S2. The Labute approximate surface area is 115 Å². The Morgan fingerprint density at radius 3 is 2.84 bits per heavy atom. The Hall–Kier alpha value is -1.29. The molecule has 104 valence electrons. The van der Waals surface area contributed by atoms with Gasteiger partial charge in [-0.1, -0.05) is 6.07 Å². The third-order valence-electron chi connectivity index (χ3n) is 2.30. The summed E-state index contributed by atoms with van der Waals surface area (Å²) >= 11 is 1.51. The zero-order valence-electron chi connectivity index (χ0n) is 10.5. The predicted octanol–water partition coefficient (Wildman–Crippen LogP) is 0.737. The molecule has 2 heterocycles. The summed E-state index contributed by atoms with van der Waals surface area (Å²) in [5.74, 6) is 0.866. The van der Waals surface area contributed by atoms with Crippen LogP contribution in [0.5, 0.6) is 0 Å². The average molecular weight is 302 g/mol. The number of aromatic nitrogens is 2. The summed E-state index contributed by atoms with van der Waals surface area (Å²) in [5.41, 5.74) is 0. The lowest BCUT2D eigenvalue weighted by Gasteiger charge is -2.11. The van der Waals surface area contributed by atoms with Gasteiger partial charge in [0.2, 0.25) is 5.89 Å². The summed E-state index contributed by atoms with van der Waals surface area (Å²) in [7, 11) is -0.485. The van der Waals surface area contributed by atoms with Crippen molar-refractivity contribution in [1.82, 2.24) is 19.2 Å². The van der Waals surface area contributed by atoms with Crippen LogP contribution in [-0.2, 0) is 16.6 Å². The molecule has 2 aromatic heterocycles. The van der Waals surface area contributed by atoms with Crippen LogP contribution in [-0.4, -0.2) is 43.6 Å². The Kier molecular flexibility index (Phi) is 4.30. The molecule has 0 aromatic carbocycles. The summed E-state index contributed by atoms with van der Waals surface area (Å²) in [6.45, 7) is 0.215. The minimum atomic E-state index is -3.41. The van der Waals surface area contributed by atoms with E-state index in [1.165, 1.54) is 25.4 Å². The first kappa shape index (κ1) is 14.1. The summed E-state index contributed by atoms with van der Waals surface area (Å²) in [6, 6.07) is 3.78. The molecule has 1 N–H and O–H groups in total. The van der Waals surface area contributed by atoms with Crippen molar-refractivity contribution < 1.29 is 12.8 Å². The van der Waals surface area contributed by atoms with E-state index in [1.807, 2.05) is 17.5 Å². The molecule has 0 aliphatic heterocycles. The quantitative estimate of drug-likeness (QED) is 0.850. The topological polar surface area (TPSA) is 88.3 Å².